The molecule has 19 heavy (non-hydrogen) atoms. The second-order valence-electron chi connectivity index (χ2n) is 4.70. The molecule has 0 aliphatic rings. The summed E-state index contributed by atoms with van der Waals surface area (Å²) >= 11 is 0. The highest BCUT2D eigenvalue weighted by atomic mass is 19.2. The molecule has 0 saturated carbocycles. The monoisotopic (exact) mass is 271 g/mol. The molecule has 0 aliphatic heterocycles. The Labute approximate surface area is 112 Å². The van der Waals surface area contributed by atoms with Crippen molar-refractivity contribution in [1.82, 2.24) is 5.32 Å². The predicted molar refractivity (Wildman–Crippen MR) is 68.6 cm³/mol. The number of esters is 1. The number of hydrogen-bond acceptors (Lipinski definition) is 3. The lowest BCUT2D eigenvalue weighted by atomic mass is 9.90. The van der Waals surface area contributed by atoms with Crippen molar-refractivity contribution < 1.29 is 18.3 Å². The van der Waals surface area contributed by atoms with Crippen molar-refractivity contribution in [3.63, 3.8) is 0 Å². The van der Waals surface area contributed by atoms with Crippen LogP contribution in [-0.2, 0) is 15.1 Å². The number of carbonyl (C=O) groups excluding carboxylic acids is 1. The molecule has 1 N–H and O–H groups in total. The molecule has 106 valence electrons. The van der Waals surface area contributed by atoms with E-state index in [1.807, 2.05) is 13.8 Å². The molecule has 0 fully saturated rings. The quantitative estimate of drug-likeness (QED) is 0.837. The fourth-order valence-corrected chi connectivity index (χ4v) is 1.87. The first-order chi connectivity index (χ1) is 8.85. The number of nitrogens with one attached hydrogen (secondary N) is 1. The number of rotatable bonds is 5. The summed E-state index contributed by atoms with van der Waals surface area (Å²) in [7, 11) is 1.26. The van der Waals surface area contributed by atoms with Gasteiger partial charge in [-0.15, -0.1) is 0 Å². The minimum absolute atomic E-state index is 0.0252. The highest BCUT2D eigenvalue weighted by Crippen LogP contribution is 2.25. The molecule has 0 aliphatic carbocycles. The molecule has 2 unspecified atom stereocenters. The minimum atomic E-state index is -1.21. The summed E-state index contributed by atoms with van der Waals surface area (Å²) in [6, 6.07) is 3.42. The second kappa shape index (κ2) is 6.10. The Hall–Kier alpha value is -1.49. The SMILES string of the molecule is CCC(C)NC(C)(C(=O)OC)c1ccc(F)c(F)c1. The molecular weight excluding hydrogens is 252 g/mol. The van der Waals surface area contributed by atoms with Crippen LogP contribution in [0, 0.1) is 11.6 Å². The number of halogens is 2. The summed E-state index contributed by atoms with van der Waals surface area (Å²) in [6.07, 6.45) is 0.788. The van der Waals surface area contributed by atoms with Gasteiger partial charge < -0.3 is 4.74 Å². The third-order valence-electron chi connectivity index (χ3n) is 3.24. The minimum Gasteiger partial charge on any atom is -0.467 e. The summed E-state index contributed by atoms with van der Waals surface area (Å²) in [4.78, 5) is 12.0. The largest absolute Gasteiger partial charge is 0.467 e. The molecule has 1 rings (SSSR count). The number of hydrogen-bond donors (Lipinski definition) is 1. The molecule has 0 heterocycles. The Balaban J connectivity index is 3.22. The first kappa shape index (κ1) is 15.6. The number of ether oxygens (including phenoxy) is 1. The summed E-state index contributed by atoms with van der Waals surface area (Å²) in [5, 5.41) is 3.09. The van der Waals surface area contributed by atoms with Gasteiger partial charge in [-0.1, -0.05) is 13.0 Å². The van der Waals surface area contributed by atoms with E-state index in [-0.39, 0.29) is 6.04 Å². The summed E-state index contributed by atoms with van der Waals surface area (Å²) in [5.41, 5.74) is -0.878. The maximum atomic E-state index is 13.3. The molecule has 3 nitrogen and oxygen atoms in total. The smallest absolute Gasteiger partial charge is 0.330 e. The molecule has 0 aromatic heterocycles. The Morgan fingerprint density at radius 3 is 2.53 bits per heavy atom. The van der Waals surface area contributed by atoms with Crippen molar-refractivity contribution in [2.75, 3.05) is 7.11 Å². The van der Waals surface area contributed by atoms with Gasteiger partial charge in [0.15, 0.2) is 11.6 Å². The fourth-order valence-electron chi connectivity index (χ4n) is 1.87. The third kappa shape index (κ3) is 3.29. The maximum Gasteiger partial charge on any atom is 0.330 e. The highest BCUT2D eigenvalue weighted by molar-refractivity contribution is 5.82. The number of carbonyl (C=O) groups is 1. The van der Waals surface area contributed by atoms with Crippen molar-refractivity contribution in [2.24, 2.45) is 0 Å². The number of benzene rings is 1. The van der Waals surface area contributed by atoms with E-state index in [0.29, 0.717) is 5.56 Å². The highest BCUT2D eigenvalue weighted by Gasteiger charge is 2.37. The van der Waals surface area contributed by atoms with E-state index < -0.39 is 23.1 Å². The van der Waals surface area contributed by atoms with E-state index in [1.54, 1.807) is 6.92 Å². The molecule has 1 aromatic carbocycles. The zero-order valence-electron chi connectivity index (χ0n) is 11.6. The van der Waals surface area contributed by atoms with Gasteiger partial charge in [0, 0.05) is 6.04 Å². The van der Waals surface area contributed by atoms with Gasteiger partial charge in [-0.3, -0.25) is 5.32 Å². The Morgan fingerprint density at radius 2 is 2.05 bits per heavy atom. The van der Waals surface area contributed by atoms with E-state index in [9.17, 15) is 13.6 Å². The molecule has 0 amide bonds. The van der Waals surface area contributed by atoms with Gasteiger partial charge in [0.1, 0.15) is 5.54 Å². The molecule has 0 spiro atoms. The van der Waals surface area contributed by atoms with Crippen LogP contribution in [0.1, 0.15) is 32.8 Å². The Bertz CT molecular complexity index is 465. The second-order valence-corrected chi connectivity index (χ2v) is 4.70. The maximum absolute atomic E-state index is 13.3. The molecule has 2 atom stereocenters. The zero-order valence-corrected chi connectivity index (χ0v) is 11.6. The van der Waals surface area contributed by atoms with Gasteiger partial charge in [-0.2, -0.15) is 0 Å². The van der Waals surface area contributed by atoms with Gasteiger partial charge in [-0.25, -0.2) is 13.6 Å². The van der Waals surface area contributed by atoms with Crippen molar-refractivity contribution in [2.45, 2.75) is 38.8 Å². The van der Waals surface area contributed by atoms with Gasteiger partial charge in [0.05, 0.1) is 7.11 Å². The lowest BCUT2D eigenvalue weighted by molar-refractivity contribution is -0.148. The van der Waals surface area contributed by atoms with Crippen molar-refractivity contribution in [3.8, 4) is 0 Å². The molecule has 0 bridgehead atoms. The van der Waals surface area contributed by atoms with Gasteiger partial charge in [0.25, 0.3) is 0 Å². The van der Waals surface area contributed by atoms with E-state index in [2.05, 4.69) is 5.32 Å². The average Bonchev–Trinajstić information content (AvgIpc) is 2.40. The fraction of sp³-hybridized carbons (Fsp3) is 0.500. The Morgan fingerprint density at radius 1 is 1.42 bits per heavy atom. The lowest BCUT2D eigenvalue weighted by Crippen LogP contribution is -2.51. The van der Waals surface area contributed by atoms with Crippen molar-refractivity contribution >= 4 is 5.97 Å². The van der Waals surface area contributed by atoms with Gasteiger partial charge in [0.2, 0.25) is 0 Å². The molecular formula is C14H19F2NO2. The topological polar surface area (TPSA) is 38.3 Å². The van der Waals surface area contributed by atoms with Gasteiger partial charge >= 0.3 is 5.97 Å². The van der Waals surface area contributed by atoms with E-state index in [0.717, 1.165) is 18.6 Å². The summed E-state index contributed by atoms with van der Waals surface area (Å²) in [6.45, 7) is 5.46. The normalized spacial score (nSPS) is 15.7. The van der Waals surface area contributed by atoms with E-state index >= 15 is 0 Å². The predicted octanol–water partition coefficient (Wildman–Crippen LogP) is 2.74. The van der Waals surface area contributed by atoms with Gasteiger partial charge in [-0.05, 0) is 38.0 Å². The van der Waals surface area contributed by atoms with Crippen LogP contribution in [-0.4, -0.2) is 19.1 Å². The van der Waals surface area contributed by atoms with E-state index in [4.69, 9.17) is 4.74 Å². The van der Waals surface area contributed by atoms with E-state index in [1.165, 1.54) is 13.2 Å². The van der Waals surface area contributed by atoms with Crippen LogP contribution >= 0.6 is 0 Å². The molecule has 5 heteroatoms. The van der Waals surface area contributed by atoms with Crippen LogP contribution in [0.2, 0.25) is 0 Å². The van der Waals surface area contributed by atoms with Crippen molar-refractivity contribution in [1.29, 1.82) is 0 Å². The molecule has 0 radical (unpaired) electrons. The van der Waals surface area contributed by atoms with Crippen LogP contribution < -0.4 is 5.32 Å². The van der Waals surface area contributed by atoms with Crippen LogP contribution in [0.4, 0.5) is 8.78 Å². The van der Waals surface area contributed by atoms with Crippen LogP contribution in [0.3, 0.4) is 0 Å². The molecule has 1 aromatic rings. The summed E-state index contributed by atoms with van der Waals surface area (Å²) in [5.74, 6) is -2.48. The average molecular weight is 271 g/mol. The third-order valence-corrected chi connectivity index (χ3v) is 3.24. The first-order valence-corrected chi connectivity index (χ1v) is 6.16. The first-order valence-electron chi connectivity index (χ1n) is 6.16. The molecule has 0 saturated heterocycles. The van der Waals surface area contributed by atoms with Crippen LogP contribution in [0.15, 0.2) is 18.2 Å². The number of methoxy groups -OCH3 is 1. The lowest BCUT2D eigenvalue weighted by Gasteiger charge is -2.31. The zero-order chi connectivity index (χ0) is 14.6. The Kier molecular flexibility index (Phi) is 5.00. The van der Waals surface area contributed by atoms with Crippen molar-refractivity contribution in [3.05, 3.63) is 35.4 Å². The standard InChI is InChI=1S/C14H19F2NO2/c1-5-9(2)17-14(3,13(18)19-4)10-6-7-11(15)12(16)8-10/h6-9,17H,5H2,1-4H3. The van der Waals surface area contributed by atoms with Crippen LogP contribution in [0.25, 0.3) is 0 Å². The summed E-state index contributed by atoms with van der Waals surface area (Å²) < 4.78 is 31.1. The van der Waals surface area contributed by atoms with Crippen LogP contribution in [0.5, 0.6) is 0 Å².